The third kappa shape index (κ3) is 5.48. The SMILES string of the molecule is CF.COc1cccc(CNC(=O)c2cc(-c3cc(C(F)F)ccc3F)nc3ccncc23)c1. The number of benzene rings is 2. The largest absolute Gasteiger partial charge is 0.497 e. The van der Waals surface area contributed by atoms with Crippen LogP contribution in [0.25, 0.3) is 22.2 Å². The fourth-order valence-corrected chi connectivity index (χ4v) is 3.33. The predicted molar refractivity (Wildman–Crippen MR) is 121 cm³/mol. The van der Waals surface area contributed by atoms with Crippen LogP contribution in [0.3, 0.4) is 0 Å². The number of hydrogen-bond donors (Lipinski definition) is 1. The van der Waals surface area contributed by atoms with Gasteiger partial charge in [0.25, 0.3) is 12.3 Å². The molecule has 4 aromatic rings. The maximum absolute atomic E-state index is 14.5. The van der Waals surface area contributed by atoms with E-state index >= 15 is 0 Å². The number of ether oxygens (including phenoxy) is 1. The molecule has 2 aromatic heterocycles. The van der Waals surface area contributed by atoms with Crippen LogP contribution in [0.1, 0.15) is 27.9 Å². The van der Waals surface area contributed by atoms with Crippen molar-refractivity contribution in [3.05, 3.63) is 89.5 Å². The maximum Gasteiger partial charge on any atom is 0.263 e. The van der Waals surface area contributed by atoms with Crippen LogP contribution in [0.15, 0.2) is 67.0 Å². The average Bonchev–Trinajstić information content (AvgIpc) is 2.88. The molecular weight excluding hydrogens is 450 g/mol. The number of nitrogens with one attached hydrogen (secondary N) is 1. The van der Waals surface area contributed by atoms with Gasteiger partial charge in [-0.05, 0) is 42.0 Å². The van der Waals surface area contributed by atoms with E-state index in [2.05, 4.69) is 15.3 Å². The van der Waals surface area contributed by atoms with Crippen molar-refractivity contribution in [3.63, 3.8) is 0 Å². The van der Waals surface area contributed by atoms with Crippen molar-refractivity contribution in [1.82, 2.24) is 15.3 Å². The number of carbonyl (C=O) groups excluding carboxylic acids is 1. The molecule has 0 radical (unpaired) electrons. The first kappa shape index (κ1) is 24.6. The van der Waals surface area contributed by atoms with E-state index in [-0.39, 0.29) is 28.9 Å². The van der Waals surface area contributed by atoms with Crippen LogP contribution in [0.2, 0.25) is 0 Å². The zero-order chi connectivity index (χ0) is 24.7. The van der Waals surface area contributed by atoms with Crippen LogP contribution in [0.4, 0.5) is 17.6 Å². The standard InChI is InChI=1S/C24H18F3N3O2.CH3F/c1-32-16-4-2-3-14(9-16)12-29-24(31)17-11-22(30-21-7-8-28-13-19(17)21)18-10-15(23(26)27)5-6-20(18)25;1-2/h2-11,13,23H,12H2,1H3,(H,29,31);1H3. The molecule has 176 valence electrons. The van der Waals surface area contributed by atoms with Gasteiger partial charge in [0, 0.05) is 35.5 Å². The smallest absolute Gasteiger partial charge is 0.263 e. The molecule has 2 heterocycles. The minimum atomic E-state index is -2.76. The number of pyridine rings is 2. The molecule has 1 amide bonds. The minimum absolute atomic E-state index is 0.0789. The summed E-state index contributed by atoms with van der Waals surface area (Å²) < 4.78 is 55.5. The molecule has 4 rings (SSSR count). The number of fused-ring (bicyclic) bond motifs is 1. The van der Waals surface area contributed by atoms with Crippen molar-refractivity contribution in [2.45, 2.75) is 13.0 Å². The first-order chi connectivity index (χ1) is 16.5. The fourth-order valence-electron chi connectivity index (χ4n) is 3.33. The van der Waals surface area contributed by atoms with Crippen LogP contribution < -0.4 is 10.1 Å². The topological polar surface area (TPSA) is 64.1 Å². The number of rotatable bonds is 6. The van der Waals surface area contributed by atoms with Crippen molar-refractivity contribution >= 4 is 16.8 Å². The van der Waals surface area contributed by atoms with Gasteiger partial charge in [-0.2, -0.15) is 0 Å². The molecule has 34 heavy (non-hydrogen) atoms. The van der Waals surface area contributed by atoms with E-state index in [1.165, 1.54) is 18.5 Å². The summed E-state index contributed by atoms with van der Waals surface area (Å²) in [6.07, 6.45) is 0.214. The highest BCUT2D eigenvalue weighted by atomic mass is 19.3. The first-order valence-electron chi connectivity index (χ1n) is 10.1. The first-order valence-corrected chi connectivity index (χ1v) is 10.1. The Bertz CT molecular complexity index is 1300. The van der Waals surface area contributed by atoms with Gasteiger partial charge in [0.15, 0.2) is 0 Å². The lowest BCUT2D eigenvalue weighted by atomic mass is 10.0. The second kappa shape index (κ2) is 11.2. The second-order valence-corrected chi connectivity index (χ2v) is 7.02. The van der Waals surface area contributed by atoms with Gasteiger partial charge in [-0.1, -0.05) is 18.2 Å². The van der Waals surface area contributed by atoms with Crippen molar-refractivity contribution in [2.24, 2.45) is 0 Å². The fraction of sp³-hybridized carbons (Fsp3) is 0.160. The maximum atomic E-state index is 14.5. The minimum Gasteiger partial charge on any atom is -0.497 e. The monoisotopic (exact) mass is 471 g/mol. The molecule has 0 fully saturated rings. The molecule has 1 N–H and O–H groups in total. The highest BCUT2D eigenvalue weighted by molar-refractivity contribution is 6.06. The van der Waals surface area contributed by atoms with Crippen molar-refractivity contribution in [2.75, 3.05) is 14.3 Å². The summed E-state index contributed by atoms with van der Waals surface area (Å²) in [5, 5.41) is 3.28. The van der Waals surface area contributed by atoms with Gasteiger partial charge in [0.05, 0.1) is 31.1 Å². The lowest BCUT2D eigenvalue weighted by molar-refractivity contribution is 0.0952. The van der Waals surface area contributed by atoms with Crippen LogP contribution in [-0.2, 0) is 6.54 Å². The molecule has 0 saturated carbocycles. The zero-order valence-corrected chi connectivity index (χ0v) is 18.4. The number of hydrogen-bond acceptors (Lipinski definition) is 4. The third-order valence-electron chi connectivity index (χ3n) is 4.96. The number of aromatic nitrogens is 2. The summed E-state index contributed by atoms with van der Waals surface area (Å²) in [6.45, 7) is 0.227. The second-order valence-electron chi connectivity index (χ2n) is 7.02. The van der Waals surface area contributed by atoms with Crippen LogP contribution in [0, 0.1) is 5.82 Å². The Morgan fingerprint density at radius 1 is 1.09 bits per heavy atom. The van der Waals surface area contributed by atoms with E-state index in [1.807, 2.05) is 12.1 Å². The molecular formula is C25H21F4N3O2. The third-order valence-corrected chi connectivity index (χ3v) is 4.96. The molecule has 0 atom stereocenters. The summed E-state index contributed by atoms with van der Waals surface area (Å²) >= 11 is 0. The van der Waals surface area contributed by atoms with E-state index in [9.17, 15) is 22.4 Å². The van der Waals surface area contributed by atoms with Gasteiger partial charge in [-0.3, -0.25) is 14.2 Å². The molecule has 5 nitrogen and oxygen atoms in total. The zero-order valence-electron chi connectivity index (χ0n) is 18.4. The quantitative estimate of drug-likeness (QED) is 0.356. The summed E-state index contributed by atoms with van der Waals surface area (Å²) in [7, 11) is 2.05. The Labute approximate surface area is 193 Å². The summed E-state index contributed by atoms with van der Waals surface area (Å²) in [5.74, 6) is -0.482. The number of nitrogens with zero attached hydrogens (tertiary/aromatic N) is 2. The van der Waals surface area contributed by atoms with E-state index < -0.39 is 18.1 Å². The Kier molecular flexibility index (Phi) is 8.13. The van der Waals surface area contributed by atoms with Gasteiger partial charge in [0.1, 0.15) is 11.6 Å². The van der Waals surface area contributed by atoms with E-state index in [4.69, 9.17) is 4.74 Å². The van der Waals surface area contributed by atoms with E-state index in [0.717, 1.165) is 23.8 Å². The summed E-state index contributed by atoms with van der Waals surface area (Å²) in [6, 6.07) is 13.2. The van der Waals surface area contributed by atoms with Gasteiger partial charge >= 0.3 is 0 Å². The molecule has 0 spiro atoms. The molecule has 0 unspecified atom stereocenters. The summed E-state index contributed by atoms with van der Waals surface area (Å²) in [5.41, 5.74) is 1.07. The number of carbonyl (C=O) groups is 1. The molecule has 0 aliphatic rings. The normalized spacial score (nSPS) is 10.6. The number of amides is 1. The van der Waals surface area contributed by atoms with Gasteiger partial charge < -0.3 is 10.1 Å². The van der Waals surface area contributed by atoms with Crippen molar-refractivity contribution in [1.29, 1.82) is 0 Å². The van der Waals surface area contributed by atoms with Crippen molar-refractivity contribution in [3.8, 4) is 17.0 Å². The van der Waals surface area contributed by atoms with Crippen LogP contribution in [-0.4, -0.2) is 30.2 Å². The molecule has 0 saturated heterocycles. The Hall–Kier alpha value is -4.01. The molecule has 2 aromatic carbocycles. The average molecular weight is 471 g/mol. The van der Waals surface area contributed by atoms with Gasteiger partial charge in [-0.25, -0.2) is 18.2 Å². The number of halogens is 4. The lowest BCUT2D eigenvalue weighted by Gasteiger charge is -2.12. The number of alkyl halides is 3. The van der Waals surface area contributed by atoms with Crippen molar-refractivity contribution < 1.29 is 27.1 Å². The number of methoxy groups -OCH3 is 1. The highest BCUT2D eigenvalue weighted by Crippen LogP contribution is 2.30. The van der Waals surface area contributed by atoms with E-state index in [1.54, 1.807) is 25.3 Å². The van der Waals surface area contributed by atoms with E-state index in [0.29, 0.717) is 23.8 Å². The van der Waals surface area contributed by atoms with Crippen LogP contribution >= 0.6 is 0 Å². The molecule has 0 bridgehead atoms. The summed E-state index contributed by atoms with van der Waals surface area (Å²) in [4.78, 5) is 21.4. The molecule has 0 aliphatic heterocycles. The molecule has 0 aliphatic carbocycles. The Morgan fingerprint density at radius 2 is 1.88 bits per heavy atom. The Morgan fingerprint density at radius 3 is 2.62 bits per heavy atom. The van der Waals surface area contributed by atoms with Gasteiger partial charge in [-0.15, -0.1) is 0 Å². The predicted octanol–water partition coefficient (Wildman–Crippen LogP) is 5.90. The van der Waals surface area contributed by atoms with Gasteiger partial charge in [0.2, 0.25) is 0 Å². The Balaban J connectivity index is 0.00000158. The highest BCUT2D eigenvalue weighted by Gasteiger charge is 2.18. The lowest BCUT2D eigenvalue weighted by Crippen LogP contribution is -2.23. The van der Waals surface area contributed by atoms with Crippen LogP contribution in [0.5, 0.6) is 5.75 Å². The molecule has 9 heteroatoms.